The monoisotopic (exact) mass is 269 g/mol. The van der Waals surface area contributed by atoms with Crippen molar-refractivity contribution in [2.45, 2.75) is 0 Å². The third-order valence-corrected chi connectivity index (χ3v) is 0. The molecule has 0 unspecified atom stereocenters. The molecule has 0 amide bonds. The molecule has 4 heteroatoms. The molecule has 0 heterocycles. The number of hydrogen-bond acceptors (Lipinski definition) is 3. The van der Waals surface area contributed by atoms with Crippen molar-refractivity contribution in [1.82, 2.24) is 0 Å². The molecule has 0 radical (unpaired) electrons. The van der Waals surface area contributed by atoms with Gasteiger partial charge in [0.2, 0.25) is 0 Å². The van der Waals surface area contributed by atoms with Gasteiger partial charge in [-0.25, -0.2) is 0 Å². The van der Waals surface area contributed by atoms with E-state index in [1.165, 1.54) is 0 Å². The summed E-state index contributed by atoms with van der Waals surface area (Å²) in [7, 11) is 0. The number of hydrogen-bond donors (Lipinski definition) is 0. The quantitative estimate of drug-likeness (QED) is 0.467. The molecule has 4 heavy (non-hydrogen) atoms. The van der Waals surface area contributed by atoms with Crippen molar-refractivity contribution in [2.75, 3.05) is 0 Å². The number of rotatable bonds is 0. The van der Waals surface area contributed by atoms with Gasteiger partial charge in [-0.2, -0.15) is 0 Å². The second-order valence-electron chi connectivity index (χ2n) is 0.0745. The van der Waals surface area contributed by atoms with Crippen LogP contribution in [-0.4, -0.2) is 0 Å². The predicted octanol–water partition coefficient (Wildman–Crippen LogP) is 0.251. The molecule has 0 aromatic rings. The van der Waals surface area contributed by atoms with Crippen LogP contribution in [0.5, 0.6) is 0 Å². The number of nitrogens with zero attached hydrogens (tertiary/aromatic N) is 1. The summed E-state index contributed by atoms with van der Waals surface area (Å²) in [4.78, 5) is 8.00. The van der Waals surface area contributed by atoms with E-state index < -0.39 is 0 Å². The van der Waals surface area contributed by atoms with Gasteiger partial charge in [0.1, 0.15) is 0 Å². The molecule has 0 fully saturated rings. The van der Waals surface area contributed by atoms with E-state index in [4.69, 9.17) is 10.1 Å². The SMILES string of the molecule is O=N[O-].[Fr+]. The average molecular weight is 269 g/mol. The summed E-state index contributed by atoms with van der Waals surface area (Å²) in [6.07, 6.45) is 0. The predicted molar refractivity (Wildman–Crippen MR) is 9.16 cm³/mol. The van der Waals surface area contributed by atoms with E-state index in [2.05, 4.69) is 0 Å². The zero-order valence-electron chi connectivity index (χ0n) is 2.26. The Morgan fingerprint density at radius 1 is 1.75 bits per heavy atom. The third-order valence-electron chi connectivity index (χ3n) is 0. The maximum atomic E-state index is 8.00. The Morgan fingerprint density at radius 3 is 1.75 bits per heavy atom. The Bertz CT molecular complexity index is 13.5. The van der Waals surface area contributed by atoms with Crippen LogP contribution < -0.4 is 0 Å². The second kappa shape index (κ2) is 9.00. The summed E-state index contributed by atoms with van der Waals surface area (Å²) in [5, 5.41) is 9.00. The van der Waals surface area contributed by atoms with E-state index >= 15 is 0 Å². The first-order valence-corrected chi connectivity index (χ1v) is 0.365. The van der Waals surface area contributed by atoms with Crippen molar-refractivity contribution in [3.63, 3.8) is 0 Å². The fourth-order valence-corrected chi connectivity index (χ4v) is 0. The molecule has 0 saturated heterocycles. The van der Waals surface area contributed by atoms with Crippen LogP contribution in [0.2, 0.25) is 0 Å². The minimum atomic E-state index is 0. The van der Waals surface area contributed by atoms with Gasteiger partial charge in [0.25, 0.3) is 0 Å². The van der Waals surface area contributed by atoms with E-state index in [1.54, 1.807) is 0 Å². The maximum Gasteiger partial charge on any atom is 1.00 e. The third kappa shape index (κ3) is 12.0. The van der Waals surface area contributed by atoms with E-state index in [0.29, 0.717) is 0 Å². The normalized spacial score (nSPS) is 3.00. The minimum absolute atomic E-state index is 0. The molecule has 0 spiro atoms. The van der Waals surface area contributed by atoms with Crippen molar-refractivity contribution in [3.05, 3.63) is 10.1 Å². The molecule has 0 bridgehead atoms. The van der Waals surface area contributed by atoms with Crippen molar-refractivity contribution >= 4 is 0 Å². The molecule has 0 aliphatic heterocycles. The largest absolute Gasteiger partial charge is 1.00 e. The first kappa shape index (κ1) is 8.89. The van der Waals surface area contributed by atoms with Gasteiger partial charge in [-0.3, -0.25) is 0 Å². The van der Waals surface area contributed by atoms with E-state index in [-0.39, 0.29) is 49.9 Å². The molecule has 0 aliphatic carbocycles. The first-order valence-electron chi connectivity index (χ1n) is 0.365. The standard InChI is InChI=1S/Fr.HNO2/c;2-1-3/h;(H,2,3)/q+1;/p-1. The minimum Gasteiger partial charge on any atom is -0.444 e. The molecule has 0 N–H and O–H groups in total. The molecule has 0 atom stereocenters. The van der Waals surface area contributed by atoms with E-state index in [1.807, 2.05) is 0 Å². The van der Waals surface area contributed by atoms with Crippen LogP contribution in [0.4, 0.5) is 0 Å². The summed E-state index contributed by atoms with van der Waals surface area (Å²) in [5.74, 6) is 0. The van der Waals surface area contributed by atoms with Gasteiger partial charge in [-0.1, -0.05) is 0 Å². The zero-order chi connectivity index (χ0) is 2.71. The molecular formula is FrNO2. The van der Waals surface area contributed by atoms with Gasteiger partial charge in [-0.05, 0) is 0 Å². The fraction of sp³-hybridized carbons (Fsp3) is 0. The van der Waals surface area contributed by atoms with Gasteiger partial charge in [0, 0.05) is 0 Å². The first-order chi connectivity index (χ1) is 1.41. The van der Waals surface area contributed by atoms with E-state index in [0.717, 1.165) is 5.34 Å². The van der Waals surface area contributed by atoms with Crippen molar-refractivity contribution in [3.8, 4) is 0 Å². The molecule has 0 aliphatic rings. The van der Waals surface area contributed by atoms with Crippen LogP contribution >= 0.6 is 0 Å². The Morgan fingerprint density at radius 2 is 1.75 bits per heavy atom. The van der Waals surface area contributed by atoms with Gasteiger partial charge < -0.3 is 10.1 Å². The molecule has 0 rings (SSSR count). The van der Waals surface area contributed by atoms with Crippen molar-refractivity contribution in [1.29, 1.82) is 0 Å². The van der Waals surface area contributed by atoms with Crippen LogP contribution in [0.25, 0.3) is 0 Å². The topological polar surface area (TPSA) is 52.5 Å². The average Bonchev–Trinajstić information content (AvgIpc) is 0.918. The molecule has 0 aromatic carbocycles. The summed E-state index contributed by atoms with van der Waals surface area (Å²) in [6, 6.07) is 0. The smallest absolute Gasteiger partial charge is 0.444 e. The molecule has 18 valence electrons. The van der Waals surface area contributed by atoms with Crippen LogP contribution in [-0.2, 0) is 0 Å². The van der Waals surface area contributed by atoms with Gasteiger partial charge in [-0.15, -0.1) is 5.34 Å². The Kier molecular flexibility index (Phi) is 20.0. The maximum absolute atomic E-state index is 8.00. The van der Waals surface area contributed by atoms with Crippen LogP contribution in [0.1, 0.15) is 0 Å². The Hall–Kier alpha value is 0.997. The zero-order valence-corrected chi connectivity index (χ0v) is 10.5. The van der Waals surface area contributed by atoms with E-state index in [9.17, 15) is 0 Å². The molecule has 0 aromatic heterocycles. The second-order valence-corrected chi connectivity index (χ2v) is 0.0745. The van der Waals surface area contributed by atoms with Crippen LogP contribution in [0.15, 0.2) is 5.34 Å². The van der Waals surface area contributed by atoms with Crippen molar-refractivity contribution in [2.24, 2.45) is 5.34 Å². The summed E-state index contributed by atoms with van der Waals surface area (Å²) in [6.45, 7) is 0. The summed E-state index contributed by atoms with van der Waals surface area (Å²) in [5.41, 5.74) is 0. The van der Waals surface area contributed by atoms with Crippen LogP contribution in [0.3, 0.4) is 0 Å². The van der Waals surface area contributed by atoms with Crippen LogP contribution in [0, 0.1) is 60.0 Å². The molecule has 3 nitrogen and oxygen atoms in total. The Labute approximate surface area is 64.3 Å². The summed E-state index contributed by atoms with van der Waals surface area (Å²) < 4.78 is 0. The van der Waals surface area contributed by atoms with Gasteiger partial charge >= 0.3 is 49.9 Å². The molecular weight excluding hydrogens is 269 g/mol. The van der Waals surface area contributed by atoms with Gasteiger partial charge in [0.15, 0.2) is 0 Å². The summed E-state index contributed by atoms with van der Waals surface area (Å²) >= 11 is 0. The van der Waals surface area contributed by atoms with Gasteiger partial charge in [0.05, 0.1) is 0 Å². The Balaban J connectivity index is 0. The van der Waals surface area contributed by atoms with Crippen molar-refractivity contribution < 1.29 is 49.9 Å². The fourth-order valence-electron chi connectivity index (χ4n) is 0. The molecule has 0 saturated carbocycles.